The molecule has 2 heterocycles. The zero-order chi connectivity index (χ0) is 20.3. The van der Waals surface area contributed by atoms with E-state index in [0.29, 0.717) is 11.5 Å². The summed E-state index contributed by atoms with van der Waals surface area (Å²) < 4.78 is 0. The molecule has 9 nitrogen and oxygen atoms in total. The summed E-state index contributed by atoms with van der Waals surface area (Å²) in [7, 11) is 0. The molecule has 6 N–H and O–H groups in total. The maximum absolute atomic E-state index is 11.8. The molecule has 144 valence electrons. The molecule has 9 heteroatoms. The minimum Gasteiger partial charge on any atom is -0.368 e. The number of rotatable bonds is 7. The second kappa shape index (κ2) is 7.87. The topological polar surface area (TPSA) is 149 Å². The summed E-state index contributed by atoms with van der Waals surface area (Å²) in [5.74, 6) is -0.802. The standard InChI is InChI=1S/C19H21N7O2/c1-10(2)15(17(20)27)25-14-9-23-16(18(21)28)19(26-14)24-13-4-3-12-8-22-6-5-11(12)7-13/h3-10,15H,1-2H3,(H2,20,27)(H2,21,28)(H2,24,25,26)/t15-/m1/s1. The number of pyridine rings is 1. The third-order valence-electron chi connectivity index (χ3n) is 4.19. The first-order chi connectivity index (χ1) is 13.3. The average molecular weight is 379 g/mol. The number of nitrogens with zero attached hydrogens (tertiary/aromatic N) is 3. The van der Waals surface area contributed by atoms with Gasteiger partial charge in [0.05, 0.1) is 6.20 Å². The van der Waals surface area contributed by atoms with E-state index in [1.54, 1.807) is 12.4 Å². The molecule has 0 aliphatic carbocycles. The van der Waals surface area contributed by atoms with Crippen LogP contribution in [0.4, 0.5) is 17.3 Å². The molecule has 1 aromatic carbocycles. The van der Waals surface area contributed by atoms with Gasteiger partial charge in [0.15, 0.2) is 11.5 Å². The number of nitrogens with two attached hydrogens (primary N) is 2. The van der Waals surface area contributed by atoms with Gasteiger partial charge in [0.2, 0.25) is 5.91 Å². The molecule has 2 amide bonds. The lowest BCUT2D eigenvalue weighted by Crippen LogP contribution is -2.39. The highest BCUT2D eigenvalue weighted by atomic mass is 16.1. The number of anilines is 3. The number of hydrogen-bond donors (Lipinski definition) is 4. The summed E-state index contributed by atoms with van der Waals surface area (Å²) in [4.78, 5) is 35.9. The summed E-state index contributed by atoms with van der Waals surface area (Å²) >= 11 is 0. The van der Waals surface area contributed by atoms with Crippen LogP contribution in [0.15, 0.2) is 42.9 Å². The normalized spacial score (nSPS) is 12.0. The van der Waals surface area contributed by atoms with Crippen molar-refractivity contribution in [2.45, 2.75) is 19.9 Å². The van der Waals surface area contributed by atoms with Crippen molar-refractivity contribution in [3.63, 3.8) is 0 Å². The van der Waals surface area contributed by atoms with Gasteiger partial charge in [-0.05, 0) is 29.5 Å². The summed E-state index contributed by atoms with van der Waals surface area (Å²) in [6.07, 6.45) is 4.80. The predicted octanol–water partition coefficient (Wildman–Crippen LogP) is 1.79. The first-order valence-electron chi connectivity index (χ1n) is 8.68. The number of amides is 2. The van der Waals surface area contributed by atoms with E-state index in [4.69, 9.17) is 11.5 Å². The highest BCUT2D eigenvalue weighted by Crippen LogP contribution is 2.23. The van der Waals surface area contributed by atoms with E-state index in [2.05, 4.69) is 25.6 Å². The van der Waals surface area contributed by atoms with Crippen molar-refractivity contribution in [2.24, 2.45) is 17.4 Å². The summed E-state index contributed by atoms with van der Waals surface area (Å²) in [6.45, 7) is 3.72. The second-order valence-electron chi connectivity index (χ2n) is 6.65. The summed E-state index contributed by atoms with van der Waals surface area (Å²) in [5, 5.41) is 7.97. The van der Waals surface area contributed by atoms with E-state index in [-0.39, 0.29) is 17.4 Å². The van der Waals surface area contributed by atoms with Gasteiger partial charge in [-0.25, -0.2) is 9.97 Å². The lowest BCUT2D eigenvalue weighted by Gasteiger charge is -2.20. The van der Waals surface area contributed by atoms with Crippen LogP contribution in [-0.4, -0.2) is 32.8 Å². The fourth-order valence-corrected chi connectivity index (χ4v) is 2.75. The number of benzene rings is 1. The van der Waals surface area contributed by atoms with Crippen LogP contribution in [0, 0.1) is 5.92 Å². The average Bonchev–Trinajstić information content (AvgIpc) is 2.65. The number of carbonyl (C=O) groups is 2. The number of hydrogen-bond acceptors (Lipinski definition) is 7. The molecule has 0 aliphatic heterocycles. The number of primary amides is 2. The minimum absolute atomic E-state index is 0.0134. The van der Waals surface area contributed by atoms with Gasteiger partial charge in [-0.1, -0.05) is 19.9 Å². The molecule has 0 fully saturated rings. The van der Waals surface area contributed by atoms with Crippen molar-refractivity contribution in [3.8, 4) is 0 Å². The zero-order valence-corrected chi connectivity index (χ0v) is 15.5. The molecule has 2 aromatic heterocycles. The minimum atomic E-state index is -0.721. The lowest BCUT2D eigenvalue weighted by molar-refractivity contribution is -0.119. The molecular weight excluding hydrogens is 358 g/mol. The van der Waals surface area contributed by atoms with E-state index in [1.165, 1.54) is 6.20 Å². The monoisotopic (exact) mass is 379 g/mol. The quantitative estimate of drug-likeness (QED) is 0.489. The number of nitrogens with one attached hydrogen (secondary N) is 2. The maximum atomic E-state index is 11.8. The van der Waals surface area contributed by atoms with E-state index in [1.807, 2.05) is 38.1 Å². The molecule has 0 saturated carbocycles. The van der Waals surface area contributed by atoms with Crippen molar-refractivity contribution >= 4 is 39.9 Å². The van der Waals surface area contributed by atoms with Crippen LogP contribution in [0.1, 0.15) is 24.3 Å². The van der Waals surface area contributed by atoms with Crippen molar-refractivity contribution in [1.29, 1.82) is 0 Å². The van der Waals surface area contributed by atoms with Gasteiger partial charge in [0, 0.05) is 23.5 Å². The highest BCUT2D eigenvalue weighted by molar-refractivity contribution is 5.97. The van der Waals surface area contributed by atoms with Crippen molar-refractivity contribution < 1.29 is 9.59 Å². The largest absolute Gasteiger partial charge is 0.368 e. The van der Waals surface area contributed by atoms with Crippen molar-refractivity contribution in [1.82, 2.24) is 15.0 Å². The van der Waals surface area contributed by atoms with Gasteiger partial charge in [0.1, 0.15) is 11.9 Å². The molecule has 0 spiro atoms. The maximum Gasteiger partial charge on any atom is 0.271 e. The lowest BCUT2D eigenvalue weighted by atomic mass is 10.0. The molecule has 1 atom stereocenters. The van der Waals surface area contributed by atoms with Crippen molar-refractivity contribution in [3.05, 3.63) is 48.5 Å². The molecule has 3 rings (SSSR count). The Labute approximate surface area is 161 Å². The Hall–Kier alpha value is -3.75. The van der Waals surface area contributed by atoms with E-state index < -0.39 is 17.9 Å². The van der Waals surface area contributed by atoms with Crippen LogP contribution < -0.4 is 22.1 Å². The smallest absolute Gasteiger partial charge is 0.271 e. The molecule has 28 heavy (non-hydrogen) atoms. The third kappa shape index (κ3) is 4.14. The molecular formula is C19H21N7O2. The molecule has 3 aromatic rings. The third-order valence-corrected chi connectivity index (χ3v) is 4.19. The van der Waals surface area contributed by atoms with Gasteiger partial charge in [-0.15, -0.1) is 0 Å². The Bertz CT molecular complexity index is 1040. The van der Waals surface area contributed by atoms with Crippen LogP contribution in [0.5, 0.6) is 0 Å². The number of aromatic nitrogens is 3. The SMILES string of the molecule is CC(C)[C@@H](Nc1cnc(C(N)=O)c(Nc2ccc3cnccc3c2)n1)C(N)=O. The van der Waals surface area contributed by atoms with E-state index >= 15 is 0 Å². The number of carbonyl (C=O) groups excluding carboxylic acids is 2. The van der Waals surface area contributed by atoms with E-state index in [9.17, 15) is 9.59 Å². The van der Waals surface area contributed by atoms with Gasteiger partial charge < -0.3 is 22.1 Å². The summed E-state index contributed by atoms with van der Waals surface area (Å²) in [6, 6.07) is 6.86. The Morgan fingerprint density at radius 1 is 1.07 bits per heavy atom. The second-order valence-corrected chi connectivity index (χ2v) is 6.65. The van der Waals surface area contributed by atoms with Crippen LogP contribution >= 0.6 is 0 Å². The zero-order valence-electron chi connectivity index (χ0n) is 15.5. The fraction of sp³-hybridized carbons (Fsp3) is 0.211. The van der Waals surface area contributed by atoms with E-state index in [0.717, 1.165) is 10.8 Å². The molecule has 0 saturated heterocycles. The molecule has 0 unspecified atom stereocenters. The van der Waals surface area contributed by atoms with Gasteiger partial charge >= 0.3 is 0 Å². The number of fused-ring (bicyclic) bond motifs is 1. The Kier molecular flexibility index (Phi) is 5.35. The predicted molar refractivity (Wildman–Crippen MR) is 107 cm³/mol. The summed E-state index contributed by atoms with van der Waals surface area (Å²) in [5.41, 5.74) is 11.5. The van der Waals surface area contributed by atoms with Crippen LogP contribution in [-0.2, 0) is 4.79 Å². The molecule has 0 bridgehead atoms. The molecule has 0 radical (unpaired) electrons. The Morgan fingerprint density at radius 3 is 2.54 bits per heavy atom. The Morgan fingerprint density at radius 2 is 1.86 bits per heavy atom. The van der Waals surface area contributed by atoms with Crippen molar-refractivity contribution in [2.75, 3.05) is 10.6 Å². The Balaban J connectivity index is 1.95. The van der Waals surface area contributed by atoms with Gasteiger partial charge in [-0.2, -0.15) is 0 Å². The first-order valence-corrected chi connectivity index (χ1v) is 8.68. The van der Waals surface area contributed by atoms with Gasteiger partial charge in [-0.3, -0.25) is 14.6 Å². The van der Waals surface area contributed by atoms with Gasteiger partial charge in [0.25, 0.3) is 5.91 Å². The highest BCUT2D eigenvalue weighted by Gasteiger charge is 2.21. The fourth-order valence-electron chi connectivity index (χ4n) is 2.75. The van der Waals surface area contributed by atoms with Crippen LogP contribution in [0.3, 0.4) is 0 Å². The van der Waals surface area contributed by atoms with Crippen LogP contribution in [0.25, 0.3) is 10.8 Å². The van der Waals surface area contributed by atoms with Crippen LogP contribution in [0.2, 0.25) is 0 Å². The molecule has 0 aliphatic rings. The first kappa shape index (κ1) is 19.0.